The van der Waals surface area contributed by atoms with E-state index in [0.29, 0.717) is 12.3 Å². The van der Waals surface area contributed by atoms with Crippen LogP contribution in [-0.2, 0) is 19.7 Å². The fourth-order valence-electron chi connectivity index (χ4n) is 4.88. The maximum absolute atomic E-state index is 13.4. The van der Waals surface area contributed by atoms with Gasteiger partial charge in [0.15, 0.2) is 19.7 Å². The molecule has 1 unspecified atom stereocenters. The van der Waals surface area contributed by atoms with E-state index in [1.54, 1.807) is 12.1 Å². The lowest BCUT2D eigenvalue weighted by Gasteiger charge is -2.36. The van der Waals surface area contributed by atoms with Gasteiger partial charge in [-0.15, -0.1) is 0 Å². The zero-order valence-electron chi connectivity index (χ0n) is 18.9. The van der Waals surface area contributed by atoms with E-state index in [1.165, 1.54) is 25.7 Å². The third-order valence-corrected chi connectivity index (χ3v) is 10.8. The molecule has 3 atom stereocenters. The quantitative estimate of drug-likeness (QED) is 0.605. The van der Waals surface area contributed by atoms with E-state index in [0.717, 1.165) is 31.5 Å². The molecule has 7 nitrogen and oxygen atoms in total. The minimum absolute atomic E-state index is 0.0687. The van der Waals surface area contributed by atoms with Crippen molar-refractivity contribution in [1.82, 2.24) is 10.2 Å². The largest absolute Gasteiger partial charge is 0.497 e. The van der Waals surface area contributed by atoms with Crippen LogP contribution in [0.3, 0.4) is 0 Å². The SMILES string of the molecule is COc1ccc(S(=O)(=O)[C@H]2CS(=O)(=O)C[C@@H]2NCC(c2ccccc2)N2CCCCC2)cc1. The summed E-state index contributed by atoms with van der Waals surface area (Å²) >= 11 is 0. The second-order valence-electron chi connectivity index (χ2n) is 8.87. The summed E-state index contributed by atoms with van der Waals surface area (Å²) in [6.45, 7) is 2.47. The lowest BCUT2D eigenvalue weighted by Crippen LogP contribution is -2.47. The van der Waals surface area contributed by atoms with Gasteiger partial charge in [-0.1, -0.05) is 36.8 Å². The van der Waals surface area contributed by atoms with Crippen LogP contribution in [-0.4, -0.2) is 71.3 Å². The summed E-state index contributed by atoms with van der Waals surface area (Å²) in [6.07, 6.45) is 3.49. The molecule has 0 spiro atoms. The third kappa shape index (κ3) is 5.59. The molecule has 0 bridgehead atoms. The predicted molar refractivity (Wildman–Crippen MR) is 129 cm³/mol. The average molecular weight is 493 g/mol. The van der Waals surface area contributed by atoms with Gasteiger partial charge in [0.25, 0.3) is 0 Å². The highest BCUT2D eigenvalue weighted by Gasteiger charge is 2.46. The highest BCUT2D eigenvalue weighted by atomic mass is 32.2. The molecule has 2 aromatic carbocycles. The first kappa shape index (κ1) is 24.2. The molecule has 2 aromatic rings. The van der Waals surface area contributed by atoms with Crippen molar-refractivity contribution in [2.75, 3.05) is 38.2 Å². The van der Waals surface area contributed by atoms with Crippen LogP contribution in [0.2, 0.25) is 0 Å². The van der Waals surface area contributed by atoms with Gasteiger partial charge in [-0.3, -0.25) is 4.90 Å². The maximum Gasteiger partial charge on any atom is 0.183 e. The monoisotopic (exact) mass is 492 g/mol. The van der Waals surface area contributed by atoms with E-state index in [1.807, 2.05) is 18.2 Å². The van der Waals surface area contributed by atoms with Crippen molar-refractivity contribution >= 4 is 19.7 Å². The summed E-state index contributed by atoms with van der Waals surface area (Å²) in [4.78, 5) is 2.54. The summed E-state index contributed by atoms with van der Waals surface area (Å²) in [7, 11) is -5.79. The van der Waals surface area contributed by atoms with Crippen molar-refractivity contribution < 1.29 is 21.6 Å². The number of piperidine rings is 1. The summed E-state index contributed by atoms with van der Waals surface area (Å²) in [6, 6.07) is 15.7. The van der Waals surface area contributed by atoms with Crippen LogP contribution in [0.15, 0.2) is 59.5 Å². The maximum atomic E-state index is 13.4. The summed E-state index contributed by atoms with van der Waals surface area (Å²) in [5, 5.41) is 2.34. The lowest BCUT2D eigenvalue weighted by atomic mass is 10.0. The molecule has 180 valence electrons. The Morgan fingerprint density at radius 3 is 2.30 bits per heavy atom. The number of ether oxygens (including phenoxy) is 1. The van der Waals surface area contributed by atoms with Crippen LogP contribution in [0.1, 0.15) is 30.9 Å². The molecule has 2 fully saturated rings. The summed E-state index contributed by atoms with van der Waals surface area (Å²) < 4.78 is 56.9. The van der Waals surface area contributed by atoms with E-state index >= 15 is 0 Å². The molecular weight excluding hydrogens is 460 g/mol. The second-order valence-corrected chi connectivity index (χ2v) is 13.2. The molecule has 2 aliphatic rings. The normalized spacial score (nSPS) is 24.4. The second kappa shape index (κ2) is 10.1. The molecule has 0 amide bonds. The zero-order chi connectivity index (χ0) is 23.5. The number of sulfone groups is 2. The Hall–Kier alpha value is -1.94. The van der Waals surface area contributed by atoms with Gasteiger partial charge < -0.3 is 10.1 Å². The highest BCUT2D eigenvalue weighted by molar-refractivity contribution is 7.96. The van der Waals surface area contributed by atoms with Crippen LogP contribution >= 0.6 is 0 Å². The number of hydrogen-bond acceptors (Lipinski definition) is 7. The molecule has 0 aliphatic carbocycles. The lowest BCUT2D eigenvalue weighted by molar-refractivity contribution is 0.158. The Bertz CT molecular complexity index is 1130. The van der Waals surface area contributed by atoms with E-state index < -0.39 is 31.0 Å². The van der Waals surface area contributed by atoms with E-state index in [2.05, 4.69) is 22.3 Å². The van der Waals surface area contributed by atoms with Crippen LogP contribution < -0.4 is 10.1 Å². The molecule has 33 heavy (non-hydrogen) atoms. The highest BCUT2D eigenvalue weighted by Crippen LogP contribution is 2.29. The standard InChI is InChI=1S/C24H32N2O5S2/c1-31-20-10-12-21(13-11-20)33(29,30)24-18-32(27,28)17-22(24)25-16-23(19-8-4-2-5-9-19)26-14-6-3-7-15-26/h2,4-5,8-13,22-25H,3,6-7,14-18H2,1H3/t22-,23?,24-/m0/s1. The van der Waals surface area contributed by atoms with E-state index in [-0.39, 0.29) is 22.4 Å². The Morgan fingerprint density at radius 1 is 1.00 bits per heavy atom. The molecule has 4 rings (SSSR count). The molecule has 1 N–H and O–H groups in total. The van der Waals surface area contributed by atoms with Gasteiger partial charge in [0.1, 0.15) is 5.75 Å². The van der Waals surface area contributed by atoms with E-state index in [9.17, 15) is 16.8 Å². The number of hydrogen-bond donors (Lipinski definition) is 1. The third-order valence-electron chi connectivity index (χ3n) is 6.68. The van der Waals surface area contributed by atoms with Crippen molar-refractivity contribution in [3.8, 4) is 5.75 Å². The number of nitrogens with zero attached hydrogens (tertiary/aromatic N) is 1. The summed E-state index contributed by atoms with van der Waals surface area (Å²) in [5.41, 5.74) is 1.15. The van der Waals surface area contributed by atoms with Crippen molar-refractivity contribution in [2.24, 2.45) is 0 Å². The first-order chi connectivity index (χ1) is 15.8. The molecule has 0 aromatic heterocycles. The minimum Gasteiger partial charge on any atom is -0.497 e. The van der Waals surface area contributed by atoms with Crippen LogP contribution in [0.4, 0.5) is 0 Å². The fraction of sp³-hybridized carbons (Fsp3) is 0.500. The zero-order valence-corrected chi connectivity index (χ0v) is 20.5. The molecule has 0 radical (unpaired) electrons. The predicted octanol–water partition coefficient (Wildman–Crippen LogP) is 2.45. The number of likely N-dealkylation sites (tertiary alicyclic amines) is 1. The van der Waals surface area contributed by atoms with E-state index in [4.69, 9.17) is 4.74 Å². The van der Waals surface area contributed by atoms with Crippen LogP contribution in [0, 0.1) is 0 Å². The summed E-state index contributed by atoms with van der Waals surface area (Å²) in [5.74, 6) is 0.0164. The molecular formula is C24H32N2O5S2. The Kier molecular flexibility index (Phi) is 7.43. The fourth-order valence-corrected chi connectivity index (χ4v) is 9.59. The van der Waals surface area contributed by atoms with Crippen molar-refractivity contribution in [2.45, 2.75) is 41.5 Å². The molecule has 0 saturated carbocycles. The topological polar surface area (TPSA) is 92.8 Å². The minimum atomic E-state index is -3.83. The average Bonchev–Trinajstić information content (AvgIpc) is 3.16. The van der Waals surface area contributed by atoms with Gasteiger partial charge in [-0.2, -0.15) is 0 Å². The Labute approximate surface area is 197 Å². The van der Waals surface area contributed by atoms with Crippen molar-refractivity contribution in [3.05, 3.63) is 60.2 Å². The smallest absolute Gasteiger partial charge is 0.183 e. The van der Waals surface area contributed by atoms with Gasteiger partial charge in [0.2, 0.25) is 0 Å². The van der Waals surface area contributed by atoms with Gasteiger partial charge in [-0.05, 0) is 55.8 Å². The number of methoxy groups -OCH3 is 1. The number of benzene rings is 2. The van der Waals surface area contributed by atoms with Gasteiger partial charge in [-0.25, -0.2) is 16.8 Å². The molecule has 2 heterocycles. The van der Waals surface area contributed by atoms with Crippen molar-refractivity contribution in [1.29, 1.82) is 0 Å². The Balaban J connectivity index is 1.56. The van der Waals surface area contributed by atoms with Gasteiger partial charge >= 0.3 is 0 Å². The van der Waals surface area contributed by atoms with Crippen molar-refractivity contribution in [3.63, 3.8) is 0 Å². The first-order valence-corrected chi connectivity index (χ1v) is 14.8. The Morgan fingerprint density at radius 2 is 1.67 bits per heavy atom. The van der Waals surface area contributed by atoms with Crippen LogP contribution in [0.25, 0.3) is 0 Å². The number of rotatable bonds is 8. The van der Waals surface area contributed by atoms with Gasteiger partial charge in [0.05, 0.1) is 28.8 Å². The molecule has 2 saturated heterocycles. The molecule has 9 heteroatoms. The number of nitrogens with one attached hydrogen (secondary N) is 1. The first-order valence-electron chi connectivity index (χ1n) is 11.4. The van der Waals surface area contributed by atoms with Gasteiger partial charge in [0, 0.05) is 18.6 Å². The molecule has 2 aliphatic heterocycles. The van der Waals surface area contributed by atoms with Crippen LogP contribution in [0.5, 0.6) is 5.75 Å².